The zero-order valence-corrected chi connectivity index (χ0v) is 9.65. The number of hydrogen-bond acceptors (Lipinski definition) is 5. The molecule has 0 fully saturated rings. The zero-order valence-electron chi connectivity index (χ0n) is 9.65. The Kier molecular flexibility index (Phi) is 7.81. The number of esters is 1. The van der Waals surface area contributed by atoms with E-state index in [9.17, 15) is 9.59 Å². The van der Waals surface area contributed by atoms with E-state index < -0.39 is 0 Å². The van der Waals surface area contributed by atoms with Crippen molar-refractivity contribution in [3.05, 3.63) is 0 Å². The van der Waals surface area contributed by atoms with Crippen LogP contribution in [0.2, 0.25) is 0 Å². The molecule has 0 spiro atoms. The molecule has 0 atom stereocenters. The van der Waals surface area contributed by atoms with Gasteiger partial charge in [0.1, 0.15) is 6.54 Å². The molecule has 0 aromatic heterocycles. The summed E-state index contributed by atoms with van der Waals surface area (Å²) in [7, 11) is 0. The summed E-state index contributed by atoms with van der Waals surface area (Å²) in [6.07, 6.45) is 0. The van der Waals surface area contributed by atoms with Gasteiger partial charge in [-0.3, -0.25) is 14.5 Å². The lowest BCUT2D eigenvalue weighted by atomic mass is 10.4. The number of nitrogens with one attached hydrogen (secondary N) is 1. The van der Waals surface area contributed by atoms with Crippen molar-refractivity contribution in [1.29, 1.82) is 5.26 Å². The molecule has 0 rings (SSSR count). The molecular weight excluding hydrogens is 210 g/mol. The van der Waals surface area contributed by atoms with Gasteiger partial charge in [-0.15, -0.1) is 0 Å². The van der Waals surface area contributed by atoms with Crippen LogP contribution in [0.15, 0.2) is 0 Å². The number of carbonyl (C=O) groups excluding carboxylic acids is 2. The fraction of sp³-hybridized carbons (Fsp3) is 0.700. The molecule has 1 amide bonds. The van der Waals surface area contributed by atoms with Gasteiger partial charge in [0.15, 0.2) is 0 Å². The Morgan fingerprint density at radius 3 is 2.56 bits per heavy atom. The molecule has 1 N–H and O–H groups in total. The highest BCUT2D eigenvalue weighted by Crippen LogP contribution is 1.90. The second-order valence-corrected chi connectivity index (χ2v) is 3.04. The number of rotatable bonds is 7. The highest BCUT2D eigenvalue weighted by molar-refractivity contribution is 5.79. The number of likely N-dealkylation sites (N-methyl/N-ethyl adjacent to an activating group) is 1. The van der Waals surface area contributed by atoms with Crippen molar-refractivity contribution in [2.75, 3.05) is 32.8 Å². The standard InChI is InChI=1S/C10H17N3O3/c1-3-13(8-10(15)16-4-2)7-9(14)12-6-5-11/h3-4,6-8H2,1-2H3,(H,12,14). The topological polar surface area (TPSA) is 82.4 Å². The van der Waals surface area contributed by atoms with Crippen LogP contribution in [-0.2, 0) is 14.3 Å². The molecule has 0 unspecified atom stereocenters. The summed E-state index contributed by atoms with van der Waals surface area (Å²) in [6.45, 7) is 4.64. The number of ether oxygens (including phenoxy) is 1. The van der Waals surface area contributed by atoms with Crippen LogP contribution >= 0.6 is 0 Å². The minimum atomic E-state index is -0.350. The van der Waals surface area contributed by atoms with E-state index in [-0.39, 0.29) is 31.5 Å². The first-order valence-electron chi connectivity index (χ1n) is 5.15. The molecule has 0 aromatic carbocycles. The highest BCUT2D eigenvalue weighted by Gasteiger charge is 2.12. The Morgan fingerprint density at radius 2 is 2.06 bits per heavy atom. The number of amides is 1. The summed E-state index contributed by atoms with van der Waals surface area (Å²) in [5.74, 6) is -0.620. The Balaban J connectivity index is 3.95. The van der Waals surface area contributed by atoms with Crippen molar-refractivity contribution in [2.45, 2.75) is 13.8 Å². The largest absolute Gasteiger partial charge is 0.465 e. The maximum Gasteiger partial charge on any atom is 0.320 e. The lowest BCUT2D eigenvalue weighted by Gasteiger charge is -2.18. The Labute approximate surface area is 95.2 Å². The Hall–Kier alpha value is -1.61. The van der Waals surface area contributed by atoms with Crippen molar-refractivity contribution in [3.63, 3.8) is 0 Å². The Bertz CT molecular complexity index is 273. The molecule has 0 radical (unpaired) electrons. The normalized spacial score (nSPS) is 9.62. The molecule has 6 heteroatoms. The average molecular weight is 227 g/mol. The lowest BCUT2D eigenvalue weighted by Crippen LogP contribution is -2.40. The molecule has 0 aromatic rings. The minimum absolute atomic E-state index is 0.0181. The fourth-order valence-electron chi connectivity index (χ4n) is 1.07. The third-order valence-electron chi connectivity index (χ3n) is 1.84. The summed E-state index contributed by atoms with van der Waals surface area (Å²) in [4.78, 5) is 24.1. The van der Waals surface area contributed by atoms with Crippen molar-refractivity contribution in [1.82, 2.24) is 10.2 Å². The highest BCUT2D eigenvalue weighted by atomic mass is 16.5. The van der Waals surface area contributed by atoms with Crippen molar-refractivity contribution in [3.8, 4) is 6.07 Å². The maximum atomic E-state index is 11.3. The third kappa shape index (κ3) is 6.79. The third-order valence-corrected chi connectivity index (χ3v) is 1.84. The summed E-state index contributed by atoms with van der Waals surface area (Å²) < 4.78 is 4.77. The molecule has 0 aliphatic heterocycles. The van der Waals surface area contributed by atoms with E-state index in [1.165, 1.54) is 0 Å². The molecule has 0 aliphatic rings. The molecule has 0 aliphatic carbocycles. The first kappa shape index (κ1) is 14.4. The number of nitriles is 1. The lowest BCUT2D eigenvalue weighted by molar-refractivity contribution is -0.144. The van der Waals surface area contributed by atoms with E-state index in [0.29, 0.717) is 13.2 Å². The molecule has 90 valence electrons. The van der Waals surface area contributed by atoms with E-state index >= 15 is 0 Å². The number of carbonyl (C=O) groups is 2. The minimum Gasteiger partial charge on any atom is -0.465 e. The summed E-state index contributed by atoms with van der Waals surface area (Å²) in [6, 6.07) is 1.81. The van der Waals surface area contributed by atoms with Crippen LogP contribution in [0.5, 0.6) is 0 Å². The summed E-state index contributed by atoms with van der Waals surface area (Å²) in [5, 5.41) is 10.7. The van der Waals surface area contributed by atoms with Crippen LogP contribution in [0.4, 0.5) is 0 Å². The first-order valence-corrected chi connectivity index (χ1v) is 5.15. The van der Waals surface area contributed by atoms with Crippen LogP contribution in [0, 0.1) is 11.3 Å². The van der Waals surface area contributed by atoms with Crippen LogP contribution in [0.1, 0.15) is 13.8 Å². The quantitative estimate of drug-likeness (QED) is 0.469. The number of nitrogens with zero attached hydrogens (tertiary/aromatic N) is 2. The van der Waals surface area contributed by atoms with Crippen molar-refractivity contribution in [2.24, 2.45) is 0 Å². The van der Waals surface area contributed by atoms with E-state index in [0.717, 1.165) is 0 Å². The molecule has 6 nitrogen and oxygen atoms in total. The van der Waals surface area contributed by atoms with E-state index in [2.05, 4.69) is 5.32 Å². The summed E-state index contributed by atoms with van der Waals surface area (Å²) in [5.41, 5.74) is 0. The molecule has 0 bridgehead atoms. The van der Waals surface area contributed by atoms with Gasteiger partial charge >= 0.3 is 5.97 Å². The zero-order chi connectivity index (χ0) is 12.4. The van der Waals surface area contributed by atoms with Crippen LogP contribution in [0.3, 0.4) is 0 Å². The maximum absolute atomic E-state index is 11.3. The van der Waals surface area contributed by atoms with Crippen LogP contribution in [0.25, 0.3) is 0 Å². The van der Waals surface area contributed by atoms with Crippen molar-refractivity contribution < 1.29 is 14.3 Å². The predicted molar refractivity (Wildman–Crippen MR) is 57.4 cm³/mol. The molecule has 0 saturated heterocycles. The first-order chi connectivity index (χ1) is 7.63. The van der Waals surface area contributed by atoms with Crippen LogP contribution in [-0.4, -0.2) is 49.6 Å². The van der Waals surface area contributed by atoms with Crippen molar-refractivity contribution >= 4 is 11.9 Å². The van der Waals surface area contributed by atoms with Gasteiger partial charge in [0, 0.05) is 0 Å². The molecule has 0 heterocycles. The second kappa shape index (κ2) is 8.68. The summed E-state index contributed by atoms with van der Waals surface area (Å²) >= 11 is 0. The SMILES string of the molecule is CCOC(=O)CN(CC)CC(=O)NCC#N. The van der Waals surface area contributed by atoms with Gasteiger partial charge in [-0.05, 0) is 13.5 Å². The van der Waals surface area contributed by atoms with Gasteiger partial charge in [0.25, 0.3) is 0 Å². The van der Waals surface area contributed by atoms with E-state index in [1.54, 1.807) is 11.8 Å². The van der Waals surface area contributed by atoms with Gasteiger partial charge in [0.05, 0.1) is 25.8 Å². The van der Waals surface area contributed by atoms with E-state index in [1.807, 2.05) is 13.0 Å². The Morgan fingerprint density at radius 1 is 1.38 bits per heavy atom. The molecule has 0 saturated carbocycles. The molecule has 16 heavy (non-hydrogen) atoms. The monoisotopic (exact) mass is 227 g/mol. The average Bonchev–Trinajstić information content (AvgIpc) is 2.25. The smallest absolute Gasteiger partial charge is 0.320 e. The van der Waals surface area contributed by atoms with Gasteiger partial charge in [-0.25, -0.2) is 0 Å². The predicted octanol–water partition coefficient (Wildman–Crippen LogP) is -0.489. The van der Waals surface area contributed by atoms with Gasteiger partial charge in [-0.1, -0.05) is 6.92 Å². The second-order valence-electron chi connectivity index (χ2n) is 3.04. The van der Waals surface area contributed by atoms with Gasteiger partial charge < -0.3 is 10.1 Å². The number of hydrogen-bond donors (Lipinski definition) is 1. The van der Waals surface area contributed by atoms with E-state index in [4.69, 9.17) is 10.00 Å². The molecular formula is C10H17N3O3. The fourth-order valence-corrected chi connectivity index (χ4v) is 1.07. The van der Waals surface area contributed by atoms with Crippen LogP contribution < -0.4 is 5.32 Å². The van der Waals surface area contributed by atoms with Gasteiger partial charge in [0.2, 0.25) is 5.91 Å². The van der Waals surface area contributed by atoms with Gasteiger partial charge in [-0.2, -0.15) is 5.26 Å².